The Kier molecular flexibility index (Phi) is 9.31. The summed E-state index contributed by atoms with van der Waals surface area (Å²) in [4.78, 5) is 32.2. The minimum atomic E-state index is -0.113. The maximum atomic E-state index is 13.7. The number of likely N-dealkylation sites (N-methyl/N-ethyl adjacent to an activating group) is 1. The van der Waals surface area contributed by atoms with Crippen molar-refractivity contribution in [3.63, 3.8) is 0 Å². The Bertz CT molecular complexity index is 1090. The van der Waals surface area contributed by atoms with Crippen LogP contribution in [-0.4, -0.2) is 78.0 Å². The Morgan fingerprint density at radius 1 is 1.00 bits per heavy atom. The van der Waals surface area contributed by atoms with Gasteiger partial charge in [0, 0.05) is 39.1 Å². The molecule has 7 heteroatoms. The highest BCUT2D eigenvalue weighted by Gasteiger charge is 2.42. The lowest BCUT2D eigenvalue weighted by Gasteiger charge is -2.42. The van der Waals surface area contributed by atoms with Crippen LogP contribution >= 0.6 is 0 Å². The van der Waals surface area contributed by atoms with Gasteiger partial charge < -0.3 is 19.3 Å². The van der Waals surface area contributed by atoms with Gasteiger partial charge in [0.2, 0.25) is 5.91 Å². The van der Waals surface area contributed by atoms with E-state index in [0.717, 1.165) is 57.5 Å². The number of ether oxygens (including phenoxy) is 2. The zero-order valence-electron chi connectivity index (χ0n) is 23.4. The van der Waals surface area contributed by atoms with Gasteiger partial charge in [0.15, 0.2) is 0 Å². The Balaban J connectivity index is 1.58. The standard InChI is InChI=1S/C31H43N3O4/c1-24(2)38-27-14-12-26(13-15-27)22-34-19-9-17-31(34)16-7-8-18-33(25(3)35)20-21-37-29-11-6-5-10-28(29)30(36)32(4)23-31/h5-6,10-15,24H,7-9,16-23H2,1-4H3/t31-/m1/s1. The molecule has 0 N–H and O–H groups in total. The number of hydrogen-bond acceptors (Lipinski definition) is 5. The molecular weight excluding hydrogens is 478 g/mol. The van der Waals surface area contributed by atoms with Gasteiger partial charge in [-0.25, -0.2) is 0 Å². The number of fused-ring (bicyclic) bond motifs is 1. The maximum absolute atomic E-state index is 13.7. The van der Waals surface area contributed by atoms with Crippen LogP contribution in [0.2, 0.25) is 0 Å². The topological polar surface area (TPSA) is 62.3 Å². The minimum absolute atomic E-state index is 0.0255. The summed E-state index contributed by atoms with van der Waals surface area (Å²) < 4.78 is 11.9. The third kappa shape index (κ3) is 6.87. The van der Waals surface area contributed by atoms with E-state index < -0.39 is 0 Å². The molecule has 206 valence electrons. The van der Waals surface area contributed by atoms with Gasteiger partial charge in [-0.05, 0) is 82.3 Å². The summed E-state index contributed by atoms with van der Waals surface area (Å²) in [5.74, 6) is 1.50. The summed E-state index contributed by atoms with van der Waals surface area (Å²) in [6.07, 6.45) is 5.23. The molecule has 0 aliphatic carbocycles. The lowest BCUT2D eigenvalue weighted by Crippen LogP contribution is -2.52. The van der Waals surface area contributed by atoms with Crippen LogP contribution in [0, 0.1) is 0 Å². The van der Waals surface area contributed by atoms with E-state index in [4.69, 9.17) is 9.47 Å². The Morgan fingerprint density at radius 3 is 2.47 bits per heavy atom. The highest BCUT2D eigenvalue weighted by molar-refractivity contribution is 5.96. The van der Waals surface area contributed by atoms with Crippen LogP contribution in [-0.2, 0) is 11.3 Å². The third-order valence-corrected chi connectivity index (χ3v) is 7.79. The van der Waals surface area contributed by atoms with Gasteiger partial charge in [0.05, 0.1) is 18.2 Å². The Hall–Kier alpha value is -3.06. The Morgan fingerprint density at radius 2 is 1.74 bits per heavy atom. The molecule has 2 heterocycles. The quantitative estimate of drug-likeness (QED) is 0.567. The lowest BCUT2D eigenvalue weighted by molar-refractivity contribution is -0.129. The second-order valence-electron chi connectivity index (χ2n) is 11.0. The number of likely N-dealkylation sites (tertiary alicyclic amines) is 1. The largest absolute Gasteiger partial charge is 0.491 e. The zero-order chi connectivity index (χ0) is 27.1. The molecule has 38 heavy (non-hydrogen) atoms. The Labute approximate surface area is 227 Å². The molecule has 4 rings (SSSR count). The normalized spacial score (nSPS) is 21.8. The number of rotatable bonds is 4. The molecule has 1 saturated heterocycles. The van der Waals surface area contributed by atoms with Crippen molar-refractivity contribution in [3.05, 3.63) is 59.7 Å². The van der Waals surface area contributed by atoms with E-state index in [1.54, 1.807) is 6.92 Å². The van der Waals surface area contributed by atoms with E-state index in [9.17, 15) is 9.59 Å². The highest BCUT2D eigenvalue weighted by atomic mass is 16.5. The molecule has 1 spiro atoms. The number of hydrogen-bond donors (Lipinski definition) is 0. The zero-order valence-corrected chi connectivity index (χ0v) is 23.4. The molecular formula is C31H43N3O4. The fourth-order valence-electron chi connectivity index (χ4n) is 5.89. The molecule has 0 saturated carbocycles. The van der Waals surface area contributed by atoms with E-state index in [1.165, 1.54) is 5.56 Å². The second kappa shape index (κ2) is 12.7. The SMILES string of the molecule is CC(=O)N1CCCC[C@@]2(CCCN2Cc2ccc(OC(C)C)cc2)CN(C)C(=O)c2ccccc2OCC1. The lowest BCUT2D eigenvalue weighted by atomic mass is 9.88. The van der Waals surface area contributed by atoms with Gasteiger partial charge in [-0.2, -0.15) is 0 Å². The first-order chi connectivity index (χ1) is 18.3. The molecule has 1 fully saturated rings. The number of carbonyl (C=O) groups is 2. The molecule has 0 aromatic heterocycles. The summed E-state index contributed by atoms with van der Waals surface area (Å²) in [6.45, 7) is 9.80. The number of benzene rings is 2. The third-order valence-electron chi connectivity index (χ3n) is 7.79. The van der Waals surface area contributed by atoms with Crippen molar-refractivity contribution in [2.45, 2.75) is 71.1 Å². The van der Waals surface area contributed by atoms with Gasteiger partial charge in [-0.1, -0.05) is 24.3 Å². The van der Waals surface area contributed by atoms with Crippen LogP contribution in [0.4, 0.5) is 0 Å². The van der Waals surface area contributed by atoms with Gasteiger partial charge in [-0.15, -0.1) is 0 Å². The molecule has 1 atom stereocenters. The van der Waals surface area contributed by atoms with Crippen LogP contribution in [0.25, 0.3) is 0 Å². The molecule has 0 radical (unpaired) electrons. The molecule has 2 aromatic carbocycles. The molecule has 2 aromatic rings. The van der Waals surface area contributed by atoms with Crippen molar-refractivity contribution in [1.82, 2.24) is 14.7 Å². The monoisotopic (exact) mass is 521 g/mol. The van der Waals surface area contributed by atoms with E-state index in [1.807, 2.05) is 55.0 Å². The summed E-state index contributed by atoms with van der Waals surface area (Å²) in [6, 6.07) is 15.8. The first kappa shape index (κ1) is 28.0. The maximum Gasteiger partial charge on any atom is 0.257 e. The summed E-state index contributed by atoms with van der Waals surface area (Å²) in [5.41, 5.74) is 1.71. The summed E-state index contributed by atoms with van der Waals surface area (Å²) in [5, 5.41) is 0. The predicted octanol–water partition coefficient (Wildman–Crippen LogP) is 4.99. The average molecular weight is 522 g/mol. The fourth-order valence-corrected chi connectivity index (χ4v) is 5.89. The van der Waals surface area contributed by atoms with Crippen molar-refractivity contribution < 1.29 is 19.1 Å². The van der Waals surface area contributed by atoms with Crippen molar-refractivity contribution in [3.8, 4) is 11.5 Å². The highest BCUT2D eigenvalue weighted by Crippen LogP contribution is 2.37. The molecule has 0 bridgehead atoms. The van der Waals surface area contributed by atoms with Crippen LogP contribution in [0.1, 0.15) is 68.8 Å². The number of nitrogens with zero attached hydrogens (tertiary/aromatic N) is 3. The molecule has 2 amide bonds. The minimum Gasteiger partial charge on any atom is -0.491 e. The predicted molar refractivity (Wildman–Crippen MR) is 150 cm³/mol. The number of carbonyl (C=O) groups excluding carboxylic acids is 2. The van der Waals surface area contributed by atoms with E-state index in [0.29, 0.717) is 31.0 Å². The van der Waals surface area contributed by atoms with E-state index in [2.05, 4.69) is 29.2 Å². The van der Waals surface area contributed by atoms with Crippen molar-refractivity contribution in [2.75, 3.05) is 39.8 Å². The van der Waals surface area contributed by atoms with E-state index in [-0.39, 0.29) is 23.5 Å². The van der Waals surface area contributed by atoms with Gasteiger partial charge in [0.1, 0.15) is 18.1 Å². The van der Waals surface area contributed by atoms with Crippen LogP contribution in [0.3, 0.4) is 0 Å². The van der Waals surface area contributed by atoms with Crippen LogP contribution < -0.4 is 9.47 Å². The van der Waals surface area contributed by atoms with E-state index >= 15 is 0 Å². The van der Waals surface area contributed by atoms with Crippen molar-refractivity contribution >= 4 is 11.8 Å². The molecule has 2 aliphatic heterocycles. The van der Waals surface area contributed by atoms with Gasteiger partial charge in [-0.3, -0.25) is 14.5 Å². The summed E-state index contributed by atoms with van der Waals surface area (Å²) in [7, 11) is 1.92. The summed E-state index contributed by atoms with van der Waals surface area (Å²) >= 11 is 0. The number of para-hydroxylation sites is 1. The second-order valence-corrected chi connectivity index (χ2v) is 11.0. The van der Waals surface area contributed by atoms with Crippen LogP contribution in [0.15, 0.2) is 48.5 Å². The molecule has 7 nitrogen and oxygen atoms in total. The fraction of sp³-hybridized carbons (Fsp3) is 0.548. The molecule has 2 aliphatic rings. The van der Waals surface area contributed by atoms with Gasteiger partial charge in [0.25, 0.3) is 5.91 Å². The first-order valence-corrected chi connectivity index (χ1v) is 14.0. The van der Waals surface area contributed by atoms with Gasteiger partial charge >= 0.3 is 0 Å². The van der Waals surface area contributed by atoms with Crippen molar-refractivity contribution in [1.29, 1.82) is 0 Å². The first-order valence-electron chi connectivity index (χ1n) is 14.0. The van der Waals surface area contributed by atoms with Crippen molar-refractivity contribution in [2.24, 2.45) is 0 Å². The number of amides is 2. The molecule has 0 unspecified atom stereocenters. The smallest absolute Gasteiger partial charge is 0.257 e. The van der Waals surface area contributed by atoms with Crippen LogP contribution in [0.5, 0.6) is 11.5 Å². The average Bonchev–Trinajstić information content (AvgIpc) is 3.27.